The van der Waals surface area contributed by atoms with Crippen LogP contribution < -0.4 is 0 Å². The largest absolute Gasteiger partial charge is 0.366 e. The Bertz CT molecular complexity index is 885. The van der Waals surface area contributed by atoms with E-state index in [1.807, 2.05) is 0 Å². The van der Waals surface area contributed by atoms with Crippen molar-refractivity contribution in [3.63, 3.8) is 0 Å². The van der Waals surface area contributed by atoms with Crippen LogP contribution in [0.4, 0.5) is 0 Å². The van der Waals surface area contributed by atoms with E-state index in [2.05, 4.69) is 0 Å². The Hall–Kier alpha value is -0.590. The summed E-state index contributed by atoms with van der Waals surface area (Å²) in [7, 11) is -9.79. The normalized spacial score (nSPS) is 21.6. The van der Waals surface area contributed by atoms with Crippen molar-refractivity contribution in [2.24, 2.45) is 0 Å². The second kappa shape index (κ2) is 5.80. The predicted octanol–water partition coefficient (Wildman–Crippen LogP) is -0.272. The van der Waals surface area contributed by atoms with Crippen LogP contribution in [-0.2, 0) is 25.2 Å². The van der Waals surface area contributed by atoms with Crippen LogP contribution in [0.2, 0.25) is 0 Å². The number of carbonyl (C=O) groups excluding carboxylic acids is 1. The van der Waals surface area contributed by atoms with Gasteiger partial charge in [-0.1, -0.05) is 0 Å². The molecule has 0 spiro atoms. The van der Waals surface area contributed by atoms with E-state index in [4.69, 9.17) is 4.55 Å². The van der Waals surface area contributed by atoms with E-state index >= 15 is 0 Å². The second-order valence-corrected chi connectivity index (χ2v) is 7.50. The van der Waals surface area contributed by atoms with Gasteiger partial charge in [-0.05, 0) is 36.8 Å². The number of carbonyl (C=O) groups is 1. The van der Waals surface area contributed by atoms with E-state index in [0.29, 0.717) is 12.1 Å². The molecule has 0 heterocycles. The monoisotopic (exact) mass is 357 g/mol. The molecule has 8 nitrogen and oxygen atoms in total. The molecule has 0 bridgehead atoms. The smallest absolute Gasteiger partial charge is 0.303 e. The molecule has 11 heteroatoms. The van der Waals surface area contributed by atoms with Gasteiger partial charge in [0.1, 0.15) is 0 Å². The van der Waals surface area contributed by atoms with Gasteiger partial charge in [-0.2, -0.15) is 16.8 Å². The number of hydrogen-bond donors (Lipinski definition) is 3. The fourth-order valence-electron chi connectivity index (χ4n) is 2.04. The third-order valence-electron chi connectivity index (χ3n) is 3.08. The van der Waals surface area contributed by atoms with Gasteiger partial charge in [-0.25, -0.2) is 0 Å². The minimum atomic E-state index is -5.11. The zero-order chi connectivity index (χ0) is 16.2. The summed E-state index contributed by atoms with van der Waals surface area (Å²) < 4.78 is 63.2. The molecule has 22 heavy (non-hydrogen) atoms. The molecular formula is C11H10NaO8S2. The Kier molecular flexibility index (Phi) is 5.13. The van der Waals surface area contributed by atoms with E-state index in [1.54, 1.807) is 0 Å². The summed E-state index contributed by atoms with van der Waals surface area (Å²) in [6, 6.07) is 2.46. The number of fused-ring (bicyclic) bond motifs is 1. The molecule has 1 unspecified atom stereocenters. The first-order valence-corrected chi connectivity index (χ1v) is 8.31. The van der Waals surface area contributed by atoms with Crippen LogP contribution in [0.3, 0.4) is 0 Å². The van der Waals surface area contributed by atoms with Gasteiger partial charge < -0.3 is 5.11 Å². The quantitative estimate of drug-likeness (QED) is 0.484. The molecule has 0 saturated carbocycles. The molecule has 0 fully saturated rings. The van der Waals surface area contributed by atoms with Gasteiger partial charge in [0.2, 0.25) is 4.93 Å². The third kappa shape index (κ3) is 3.05. The van der Waals surface area contributed by atoms with E-state index in [-0.39, 0.29) is 40.7 Å². The van der Waals surface area contributed by atoms with Crippen LogP contribution in [0.15, 0.2) is 34.7 Å². The molecule has 1 atom stereocenters. The molecule has 0 aromatic heterocycles. The minimum absolute atomic E-state index is 0. The Morgan fingerprint density at radius 1 is 1.09 bits per heavy atom. The zero-order valence-electron chi connectivity index (χ0n) is 11.5. The number of benzene rings is 1. The van der Waals surface area contributed by atoms with E-state index < -0.39 is 41.4 Å². The first-order valence-electron chi connectivity index (χ1n) is 5.43. The van der Waals surface area contributed by atoms with Gasteiger partial charge in [0.05, 0.1) is 4.90 Å². The van der Waals surface area contributed by atoms with Crippen molar-refractivity contribution in [2.75, 3.05) is 0 Å². The third-order valence-corrected chi connectivity index (χ3v) is 5.06. The second-order valence-electron chi connectivity index (χ2n) is 4.51. The van der Waals surface area contributed by atoms with Crippen LogP contribution in [-0.4, -0.2) is 66.4 Å². The summed E-state index contributed by atoms with van der Waals surface area (Å²) in [5.41, 5.74) is -1.07. The van der Waals surface area contributed by atoms with E-state index in [1.165, 1.54) is 6.92 Å². The van der Waals surface area contributed by atoms with Crippen LogP contribution >= 0.6 is 0 Å². The maximum atomic E-state index is 11.9. The summed E-state index contributed by atoms with van der Waals surface area (Å²) in [4.78, 5) is 8.23. The van der Waals surface area contributed by atoms with Gasteiger partial charge in [0.15, 0.2) is 5.78 Å². The van der Waals surface area contributed by atoms with E-state index in [9.17, 15) is 31.3 Å². The molecule has 0 saturated heterocycles. The maximum absolute atomic E-state index is 11.9. The summed E-state index contributed by atoms with van der Waals surface area (Å²) in [5, 5.41) is 10.2. The van der Waals surface area contributed by atoms with Crippen molar-refractivity contribution in [1.82, 2.24) is 0 Å². The molecule has 115 valence electrons. The topological polar surface area (TPSA) is 146 Å². The molecule has 0 aliphatic heterocycles. The first-order chi connectivity index (χ1) is 9.38. The molecule has 0 amide bonds. The first kappa shape index (κ1) is 19.5. The number of hydrogen-bond acceptors (Lipinski definition) is 6. The molecule has 1 aliphatic carbocycles. The van der Waals surface area contributed by atoms with Gasteiger partial charge in [0.25, 0.3) is 10.1 Å². The average molecular weight is 357 g/mol. The van der Waals surface area contributed by atoms with Crippen molar-refractivity contribution in [3.05, 3.63) is 41.0 Å². The maximum Gasteiger partial charge on any atom is 0.303 e. The van der Waals surface area contributed by atoms with Crippen LogP contribution in [0, 0.1) is 0 Å². The number of Topliss-reactive ketones (excluding diaryl/α,β-unsaturated/α-hetero) is 1. The Morgan fingerprint density at radius 2 is 1.64 bits per heavy atom. The molecule has 1 aromatic carbocycles. The fraction of sp³-hybridized carbons (Fsp3) is 0.182. The van der Waals surface area contributed by atoms with Gasteiger partial charge >= 0.3 is 10.1 Å². The Labute approximate surface area is 148 Å². The van der Waals surface area contributed by atoms with Gasteiger partial charge in [0, 0.05) is 40.7 Å². The van der Waals surface area contributed by atoms with Crippen LogP contribution in [0.1, 0.15) is 22.8 Å². The van der Waals surface area contributed by atoms with Crippen LogP contribution in [0.25, 0.3) is 0 Å². The summed E-state index contributed by atoms with van der Waals surface area (Å²) >= 11 is 0. The van der Waals surface area contributed by atoms with Crippen molar-refractivity contribution in [2.45, 2.75) is 16.8 Å². The average Bonchev–Trinajstić information content (AvgIpc) is 2.33. The van der Waals surface area contributed by atoms with Crippen molar-refractivity contribution < 1.29 is 35.8 Å². The van der Waals surface area contributed by atoms with Crippen molar-refractivity contribution >= 4 is 55.6 Å². The number of allylic oxidation sites excluding steroid dienone is 1. The zero-order valence-corrected chi connectivity index (χ0v) is 15.1. The van der Waals surface area contributed by atoms with Crippen molar-refractivity contribution in [1.29, 1.82) is 0 Å². The standard InChI is InChI=1S/C11H10O8S2.Na/c1-6-5-11(13,21(17,18)19)9-4-7(20(14,15)16)2-3-8(9)10(6)12;/h2-5,13H,1H3,(H,14,15,16)(H,17,18,19);. The fourth-order valence-corrected chi connectivity index (χ4v) is 3.32. The van der Waals surface area contributed by atoms with Gasteiger partial charge in [-0.3, -0.25) is 13.9 Å². The minimum Gasteiger partial charge on any atom is -0.366 e. The van der Waals surface area contributed by atoms with Gasteiger partial charge in [-0.15, -0.1) is 0 Å². The molecule has 1 aliphatic rings. The molecular weight excluding hydrogens is 347 g/mol. The van der Waals surface area contributed by atoms with Crippen LogP contribution in [0.5, 0.6) is 0 Å². The van der Waals surface area contributed by atoms with Crippen molar-refractivity contribution in [3.8, 4) is 0 Å². The molecule has 3 N–H and O–H groups in total. The summed E-state index contributed by atoms with van der Waals surface area (Å²) in [6.45, 7) is 1.23. The Balaban J connectivity index is 0.00000242. The Morgan fingerprint density at radius 3 is 2.09 bits per heavy atom. The molecule has 1 radical (unpaired) electrons. The number of rotatable bonds is 2. The predicted molar refractivity (Wildman–Crippen MR) is 75.5 cm³/mol. The number of ketones is 1. The summed E-state index contributed by atoms with van der Waals surface area (Å²) in [6.07, 6.45) is 0.612. The molecule has 2 rings (SSSR count). The SMILES string of the molecule is CC1=CC(O)(S(=O)(=O)O)c2cc(S(=O)(=O)O)ccc2C1=O.[Na]. The number of aliphatic hydroxyl groups is 1. The molecule has 1 aromatic rings. The van der Waals surface area contributed by atoms with E-state index in [0.717, 1.165) is 12.1 Å². The summed E-state index contributed by atoms with van der Waals surface area (Å²) in [5.74, 6) is -0.639.